The van der Waals surface area contributed by atoms with Crippen molar-refractivity contribution >= 4 is 11.6 Å². The molecule has 2 aliphatic heterocycles. The van der Waals surface area contributed by atoms with E-state index in [2.05, 4.69) is 12.2 Å². The zero-order chi connectivity index (χ0) is 13.5. The first kappa shape index (κ1) is 12.6. The number of benzene rings is 1. The molecule has 0 bridgehead atoms. The smallest absolute Gasteiger partial charge is 0.261 e. The number of amides is 1. The van der Waals surface area contributed by atoms with E-state index in [9.17, 15) is 9.90 Å². The Hall–Kier alpha value is -1.39. The van der Waals surface area contributed by atoms with Gasteiger partial charge in [0.25, 0.3) is 5.91 Å². The molecule has 0 unspecified atom stereocenters. The van der Waals surface area contributed by atoms with Crippen LogP contribution < -0.4 is 5.32 Å². The Labute approximate surface area is 112 Å². The van der Waals surface area contributed by atoms with Crippen LogP contribution in [0.3, 0.4) is 0 Å². The number of ether oxygens (including phenoxy) is 1. The number of anilines is 1. The van der Waals surface area contributed by atoms with Crippen LogP contribution in [0.1, 0.15) is 38.2 Å². The summed E-state index contributed by atoms with van der Waals surface area (Å²) in [5, 5.41) is 13.0. The number of fused-ring (bicyclic) bond motifs is 2. The summed E-state index contributed by atoms with van der Waals surface area (Å²) >= 11 is 0. The standard InChI is InChI=1S/C15H19NO3/c1-2-5-11-8-10(17)9-15(19-11)12-6-3-4-7-13(12)16-14(15)18/h3-4,6-7,10-11,17H,2,5,8-9H2,1H3,(H,16,18)/t10-,11+,15-/m0/s1. The number of carbonyl (C=O) groups is 1. The fourth-order valence-electron chi connectivity index (χ4n) is 3.21. The van der Waals surface area contributed by atoms with Gasteiger partial charge in [0.05, 0.1) is 12.2 Å². The lowest BCUT2D eigenvalue weighted by Gasteiger charge is -2.39. The molecule has 1 fully saturated rings. The Morgan fingerprint density at radius 1 is 1.47 bits per heavy atom. The first-order chi connectivity index (χ1) is 9.15. The van der Waals surface area contributed by atoms with Gasteiger partial charge in [-0.15, -0.1) is 0 Å². The average Bonchev–Trinajstić information content (AvgIpc) is 2.62. The van der Waals surface area contributed by atoms with Crippen molar-refractivity contribution in [1.82, 2.24) is 0 Å². The van der Waals surface area contributed by atoms with Crippen LogP contribution in [0.25, 0.3) is 0 Å². The van der Waals surface area contributed by atoms with Crippen LogP contribution in [0.5, 0.6) is 0 Å². The summed E-state index contributed by atoms with van der Waals surface area (Å²) in [6.07, 6.45) is 2.28. The molecular weight excluding hydrogens is 242 g/mol. The van der Waals surface area contributed by atoms with Gasteiger partial charge in [-0.05, 0) is 18.9 Å². The summed E-state index contributed by atoms with van der Waals surface area (Å²) < 4.78 is 6.11. The molecule has 1 amide bonds. The first-order valence-electron chi connectivity index (χ1n) is 6.92. The van der Waals surface area contributed by atoms with Crippen molar-refractivity contribution in [2.45, 2.75) is 50.4 Å². The van der Waals surface area contributed by atoms with Gasteiger partial charge >= 0.3 is 0 Å². The Balaban J connectivity index is 1.99. The summed E-state index contributed by atoms with van der Waals surface area (Å²) in [5.74, 6) is -0.145. The number of nitrogens with one attached hydrogen (secondary N) is 1. The SMILES string of the molecule is CCC[C@@H]1C[C@H](O)C[C@@]2(O1)C(=O)Nc1ccccc12. The summed E-state index contributed by atoms with van der Waals surface area (Å²) in [6, 6.07) is 7.58. The summed E-state index contributed by atoms with van der Waals surface area (Å²) in [6.45, 7) is 2.08. The van der Waals surface area contributed by atoms with Crippen LogP contribution in [0.2, 0.25) is 0 Å². The summed E-state index contributed by atoms with van der Waals surface area (Å²) in [7, 11) is 0. The highest BCUT2D eigenvalue weighted by Gasteiger charge is 2.52. The van der Waals surface area contributed by atoms with Gasteiger partial charge in [-0.3, -0.25) is 4.79 Å². The lowest BCUT2D eigenvalue weighted by Crippen LogP contribution is -2.48. The van der Waals surface area contributed by atoms with Gasteiger partial charge in [0, 0.05) is 17.7 Å². The second-order valence-corrected chi connectivity index (χ2v) is 5.45. The molecule has 0 aromatic heterocycles. The monoisotopic (exact) mass is 261 g/mol. The fourth-order valence-corrected chi connectivity index (χ4v) is 3.21. The quantitative estimate of drug-likeness (QED) is 0.857. The van der Waals surface area contributed by atoms with Crippen LogP contribution in [0.4, 0.5) is 5.69 Å². The number of carbonyl (C=O) groups excluding carboxylic acids is 1. The molecular formula is C15H19NO3. The van der Waals surface area contributed by atoms with Gasteiger partial charge in [-0.2, -0.15) is 0 Å². The van der Waals surface area contributed by atoms with Crippen molar-refractivity contribution in [2.75, 3.05) is 5.32 Å². The first-order valence-corrected chi connectivity index (χ1v) is 6.92. The van der Waals surface area contributed by atoms with E-state index in [1.165, 1.54) is 0 Å². The van der Waals surface area contributed by atoms with E-state index < -0.39 is 11.7 Å². The molecule has 2 aliphatic rings. The number of aliphatic hydroxyl groups is 1. The maximum atomic E-state index is 12.4. The molecule has 0 radical (unpaired) electrons. The van der Waals surface area contributed by atoms with Crippen LogP contribution in [-0.4, -0.2) is 23.2 Å². The van der Waals surface area contributed by atoms with Gasteiger partial charge in [0.2, 0.25) is 0 Å². The lowest BCUT2D eigenvalue weighted by molar-refractivity contribution is -0.178. The second-order valence-electron chi connectivity index (χ2n) is 5.45. The van der Waals surface area contributed by atoms with Gasteiger partial charge in [-0.1, -0.05) is 31.5 Å². The Kier molecular flexibility index (Phi) is 3.07. The molecule has 0 saturated carbocycles. The molecule has 2 N–H and O–H groups in total. The fraction of sp³-hybridized carbons (Fsp3) is 0.533. The normalized spacial score (nSPS) is 33.3. The third-order valence-electron chi connectivity index (χ3n) is 4.01. The Morgan fingerprint density at radius 3 is 3.05 bits per heavy atom. The Bertz CT molecular complexity index is 502. The molecule has 1 spiro atoms. The van der Waals surface area contributed by atoms with Gasteiger partial charge < -0.3 is 15.2 Å². The van der Waals surface area contributed by atoms with Gasteiger partial charge in [0.1, 0.15) is 0 Å². The van der Waals surface area contributed by atoms with E-state index in [-0.39, 0.29) is 12.0 Å². The van der Waals surface area contributed by atoms with Crippen LogP contribution in [0.15, 0.2) is 24.3 Å². The topological polar surface area (TPSA) is 58.6 Å². The van der Waals surface area contributed by atoms with Crippen LogP contribution in [0, 0.1) is 0 Å². The molecule has 1 aromatic carbocycles. The minimum Gasteiger partial charge on any atom is -0.393 e. The largest absolute Gasteiger partial charge is 0.393 e. The molecule has 3 rings (SSSR count). The molecule has 4 nitrogen and oxygen atoms in total. The zero-order valence-electron chi connectivity index (χ0n) is 11.1. The van der Waals surface area contributed by atoms with Crippen LogP contribution in [-0.2, 0) is 15.1 Å². The van der Waals surface area contributed by atoms with Crippen molar-refractivity contribution < 1.29 is 14.6 Å². The maximum Gasteiger partial charge on any atom is 0.261 e. The number of aliphatic hydroxyl groups excluding tert-OH is 1. The Morgan fingerprint density at radius 2 is 2.26 bits per heavy atom. The molecule has 19 heavy (non-hydrogen) atoms. The van der Waals surface area contributed by atoms with Gasteiger partial charge in [0.15, 0.2) is 5.60 Å². The van der Waals surface area contributed by atoms with Crippen LogP contribution >= 0.6 is 0 Å². The molecule has 1 saturated heterocycles. The summed E-state index contributed by atoms with van der Waals surface area (Å²) in [5.41, 5.74) is 0.672. The third kappa shape index (κ3) is 1.95. The highest BCUT2D eigenvalue weighted by Crippen LogP contribution is 2.46. The minimum atomic E-state index is -0.992. The number of hydrogen-bond acceptors (Lipinski definition) is 3. The van der Waals surface area contributed by atoms with E-state index in [0.717, 1.165) is 24.1 Å². The molecule has 4 heteroatoms. The molecule has 1 aromatic rings. The maximum absolute atomic E-state index is 12.4. The summed E-state index contributed by atoms with van der Waals surface area (Å²) in [4.78, 5) is 12.4. The number of rotatable bonds is 2. The lowest BCUT2D eigenvalue weighted by atomic mass is 9.84. The molecule has 0 aliphatic carbocycles. The molecule has 2 heterocycles. The number of para-hydroxylation sites is 1. The van der Waals surface area contributed by atoms with Crippen molar-refractivity contribution in [3.8, 4) is 0 Å². The van der Waals surface area contributed by atoms with E-state index in [1.807, 2.05) is 24.3 Å². The predicted molar refractivity (Wildman–Crippen MR) is 71.8 cm³/mol. The van der Waals surface area contributed by atoms with Crippen molar-refractivity contribution in [1.29, 1.82) is 0 Å². The van der Waals surface area contributed by atoms with Crippen molar-refractivity contribution in [3.63, 3.8) is 0 Å². The van der Waals surface area contributed by atoms with E-state index in [1.54, 1.807) is 0 Å². The van der Waals surface area contributed by atoms with E-state index >= 15 is 0 Å². The van der Waals surface area contributed by atoms with E-state index in [0.29, 0.717) is 12.8 Å². The second kappa shape index (κ2) is 4.62. The zero-order valence-corrected chi connectivity index (χ0v) is 11.1. The molecule has 3 atom stereocenters. The third-order valence-corrected chi connectivity index (χ3v) is 4.01. The average molecular weight is 261 g/mol. The van der Waals surface area contributed by atoms with Gasteiger partial charge in [-0.25, -0.2) is 0 Å². The molecule has 102 valence electrons. The van der Waals surface area contributed by atoms with E-state index in [4.69, 9.17) is 4.74 Å². The number of hydrogen-bond donors (Lipinski definition) is 2. The van der Waals surface area contributed by atoms with Crippen molar-refractivity contribution in [2.24, 2.45) is 0 Å². The minimum absolute atomic E-state index is 0.0503. The highest BCUT2D eigenvalue weighted by molar-refractivity contribution is 6.05. The predicted octanol–water partition coefficient (Wildman–Crippen LogP) is 2.17. The van der Waals surface area contributed by atoms with Crippen molar-refractivity contribution in [3.05, 3.63) is 29.8 Å². The highest BCUT2D eigenvalue weighted by atomic mass is 16.5.